The molecule has 0 saturated carbocycles. The van der Waals surface area contributed by atoms with E-state index in [1.165, 1.54) is 54.6 Å². The molecule has 8 aromatic carbocycles. The van der Waals surface area contributed by atoms with Gasteiger partial charge < -0.3 is 57.3 Å². The molecule has 10 aliphatic rings. The fraction of sp³-hybridized carbons (Fsp3) is 0.155. The van der Waals surface area contributed by atoms with E-state index in [-0.39, 0.29) is 99.0 Å². The van der Waals surface area contributed by atoms with Crippen LogP contribution in [0.15, 0.2) is 196 Å². The minimum absolute atomic E-state index is 0.0536. The monoisotopic (exact) mass is 1870 g/mol. The zero-order valence-electron chi connectivity index (χ0n) is 57.1. The van der Waals surface area contributed by atoms with Gasteiger partial charge in [0.2, 0.25) is 12.5 Å². The number of fused-ring (bicyclic) bond motifs is 11. The van der Waals surface area contributed by atoms with Crippen LogP contribution in [0.1, 0.15) is 44.7 Å². The van der Waals surface area contributed by atoms with Crippen LogP contribution < -0.4 is 18.9 Å². The third-order valence-corrected chi connectivity index (χ3v) is 40.9. The van der Waals surface area contributed by atoms with Crippen LogP contribution in [0.5, 0.6) is 23.0 Å². The summed E-state index contributed by atoms with van der Waals surface area (Å²) in [5.41, 5.74) is 1.26. The summed E-state index contributed by atoms with van der Waals surface area (Å²) in [7, 11) is -55.9. The van der Waals surface area contributed by atoms with E-state index in [1.54, 1.807) is 24.3 Å². The van der Waals surface area contributed by atoms with Crippen molar-refractivity contribution in [2.45, 2.75) is 94.2 Å². The fourth-order valence-electron chi connectivity index (χ4n) is 11.4. The molecule has 0 saturated heterocycles. The first-order chi connectivity index (χ1) is 53.6. The average Bonchev–Trinajstić information content (AvgIpc) is 1.61. The van der Waals surface area contributed by atoms with E-state index in [0.29, 0.717) is 10.8 Å². The average molecular weight is 1870 g/mol. The number of rotatable bonds is 2. The number of hydrogen-bond donors (Lipinski definition) is 0. The lowest BCUT2D eigenvalue weighted by Gasteiger charge is -2.19. The van der Waals surface area contributed by atoms with Crippen molar-refractivity contribution in [2.75, 3.05) is 34.2 Å². The molecule has 0 N–H and O–H groups in total. The highest BCUT2D eigenvalue weighted by Gasteiger charge is 2.37. The van der Waals surface area contributed by atoms with Gasteiger partial charge in [-0.3, -0.25) is 0 Å². The van der Waals surface area contributed by atoms with E-state index in [2.05, 4.69) is 43.2 Å². The smallest absolute Gasteiger partial charge is 0.339 e. The van der Waals surface area contributed by atoms with Gasteiger partial charge in [0.15, 0.2) is 23.0 Å². The first-order valence-electron chi connectivity index (χ1n) is 30.8. The predicted octanol–water partition coefficient (Wildman–Crippen LogP) is 4.81. The van der Waals surface area contributed by atoms with Crippen molar-refractivity contribution in [2.24, 2.45) is 0 Å². The number of nitrogens with zero attached hydrogens (tertiary/aromatic N) is 8. The summed E-state index contributed by atoms with van der Waals surface area (Å²) in [5.74, 6) is -0.856. The Hall–Kier alpha value is -9.33. The molecule has 0 amide bonds. The number of esters is 2. The lowest BCUT2D eigenvalue weighted by atomic mass is 9.92. The van der Waals surface area contributed by atoms with Crippen molar-refractivity contribution >= 4 is 169 Å². The minimum Gasteiger partial charge on any atom is -0.486 e. The molecule has 58 heteroatoms. The number of hydrogen-bond acceptors (Lipinski definition) is 36. The van der Waals surface area contributed by atoms with Crippen molar-refractivity contribution in [1.29, 1.82) is 0 Å². The zero-order chi connectivity index (χ0) is 85.3. The number of carbonyl (C=O) groups is 2. The Bertz CT molecular complexity index is 7140. The summed E-state index contributed by atoms with van der Waals surface area (Å²) < 4.78 is 370. The van der Waals surface area contributed by atoms with Crippen molar-refractivity contribution in [3.8, 4) is 23.0 Å². The zero-order valence-corrected chi connectivity index (χ0v) is 68.5. The molecule has 0 radical (unpaired) electrons. The summed E-state index contributed by atoms with van der Waals surface area (Å²) >= 11 is 0. The van der Waals surface area contributed by atoms with Crippen LogP contribution in [-0.2, 0) is 163 Å². The molecule has 9 aliphatic heterocycles. The second kappa shape index (κ2) is 29.6. The van der Waals surface area contributed by atoms with Gasteiger partial charge in [0.1, 0.15) is 154 Å². The highest BCUT2D eigenvalue weighted by atomic mass is 32.3. The van der Waals surface area contributed by atoms with Crippen molar-refractivity contribution < 1.29 is 156 Å². The number of sulfonamides is 14. The van der Waals surface area contributed by atoms with Crippen molar-refractivity contribution in [1.82, 2.24) is 0 Å². The normalized spacial score (nSPS) is 21.4. The van der Waals surface area contributed by atoms with Gasteiger partial charge in [-0.25, -0.2) is 132 Å². The third kappa shape index (κ3) is 16.3. The number of aryl methyl sites for hydroxylation is 2. The van der Waals surface area contributed by atoms with Crippen LogP contribution >= 0.6 is 0 Å². The molecule has 116 heavy (non-hydrogen) atoms. The Kier molecular flexibility index (Phi) is 22.0. The van der Waals surface area contributed by atoms with E-state index in [4.69, 9.17) is 25.5 Å². The Balaban J connectivity index is 0.000000125. The Morgan fingerprint density at radius 1 is 0.319 bits per heavy atom. The molecule has 0 spiro atoms. The minimum atomic E-state index is -4.36. The molecular weight excluding hydrogens is 1830 g/mol. The second-order valence-corrected chi connectivity index (χ2v) is 47.3. The van der Waals surface area contributed by atoms with E-state index in [0.717, 1.165) is 99.6 Å². The Morgan fingerprint density at radius 3 is 1.01 bits per heavy atom. The first kappa shape index (κ1) is 86.0. The highest BCUT2D eigenvalue weighted by Crippen LogP contribution is 2.50. The van der Waals surface area contributed by atoms with Gasteiger partial charge in [0, 0.05) is 24.3 Å². The van der Waals surface area contributed by atoms with Gasteiger partial charge in [0.25, 0.3) is 0 Å². The first-order valence-corrected chi connectivity index (χ1v) is 50.9. The van der Waals surface area contributed by atoms with Crippen LogP contribution in [0.4, 0.5) is 5.69 Å². The number of ether oxygens (including phenoxy) is 6. The van der Waals surface area contributed by atoms with Crippen LogP contribution in [0.2, 0.25) is 0 Å². The molecule has 0 fully saturated rings. The van der Waals surface area contributed by atoms with Crippen LogP contribution in [0, 0.1) is 6.57 Å². The van der Waals surface area contributed by atoms with Gasteiger partial charge in [-0.05, 0) is 108 Å². The van der Waals surface area contributed by atoms with E-state index < -0.39 is 182 Å². The maximum Gasteiger partial charge on any atom is 0.339 e. The molecular formula is C58H41N8O36S14-7. The van der Waals surface area contributed by atoms with Gasteiger partial charge >= 0.3 is 11.9 Å². The Labute approximate surface area is 660 Å². The van der Waals surface area contributed by atoms with Crippen molar-refractivity contribution in [3.63, 3.8) is 0 Å². The molecule has 8 aromatic rings. The molecule has 44 nitrogen and oxygen atoms in total. The van der Waals surface area contributed by atoms with Gasteiger partial charge in [-0.2, -0.15) is 0 Å². The fourth-order valence-corrected chi connectivity index (χ4v) is 36.0. The standard InChI is InChI=1S/C10H10NO4S2.C10H6NO4S2.3C8H6NO6S2.C7H3N2O4S2.C7H4NO6S2/c2*12-16(13)9-5-7-3-1-2-4-8(7)6-10(9)17(14,15)11-16;10-16(11)7-3-5-6(15-2-1-14-5)4-8(7)17(12,13)9-16;1-15-8(10)5-2-3-6-7(4-5)17(13,14)9-16(6,11)12;1-15-8(10)5-3-2-4-6-7(5)17(13,14)9-16(6,11)12;1-8-5-3-2-4-6-7(5)15(12,13)9-14(6,10)11;9-15(10)6-1-4-5(14-3-13-4)2-7(6)16(11,12)8-15/h5-6H,1-4H2;1-6H;3-4H,1-2H2;2*2-4H,1H3;2-4H;1-2H,3H2/q7*-1. The molecule has 620 valence electrons. The topological polar surface area (TPSA) is 671 Å². The van der Waals surface area contributed by atoms with Gasteiger partial charge in [-0.15, -0.1) is 0 Å². The molecule has 0 unspecified atom stereocenters. The molecule has 18 rings (SSSR count). The van der Waals surface area contributed by atoms with Gasteiger partial charge in [0.05, 0.1) is 100 Å². The summed E-state index contributed by atoms with van der Waals surface area (Å²) in [4.78, 5) is 20.3. The summed E-state index contributed by atoms with van der Waals surface area (Å²) in [6, 6.07) is 27.3. The Morgan fingerprint density at radius 2 is 0.629 bits per heavy atom. The molecule has 9 heterocycles. The summed E-state index contributed by atoms with van der Waals surface area (Å²) in [5, 5.41) is 1.34. The summed E-state index contributed by atoms with van der Waals surface area (Å²) in [6.45, 7) is 7.26. The maximum absolute atomic E-state index is 11.6. The lowest BCUT2D eigenvalue weighted by Crippen LogP contribution is -2.15. The number of methoxy groups -OCH3 is 2. The molecule has 0 bridgehead atoms. The van der Waals surface area contributed by atoms with E-state index in [9.17, 15) is 127 Å². The molecule has 0 atom stereocenters. The van der Waals surface area contributed by atoms with Crippen molar-refractivity contribution in [3.05, 3.63) is 190 Å². The highest BCUT2D eigenvalue weighted by molar-refractivity contribution is 8.17. The largest absolute Gasteiger partial charge is 0.486 e. The maximum atomic E-state index is 11.6. The third-order valence-electron chi connectivity index (χ3n) is 16.3. The quantitative estimate of drug-likeness (QED) is 0.165. The molecule has 0 aromatic heterocycles. The van der Waals surface area contributed by atoms with Crippen LogP contribution in [0.25, 0.3) is 44.5 Å². The van der Waals surface area contributed by atoms with Crippen LogP contribution in [-0.4, -0.2) is 164 Å². The number of benzene rings is 8. The number of carbonyl (C=O) groups excluding carboxylic acids is 2. The predicted molar refractivity (Wildman–Crippen MR) is 389 cm³/mol. The SMILES string of the molecule is COC(=O)c1ccc2c(c1)S(=O)(=O)[N-]S2(=O)=O.COC(=O)c1cccc2c1S(=O)(=O)[N-]S2(=O)=O.O=S1(=O)[N-]S(=O)(=O)c2cc3c(cc21)CCCC3.O=S1(=O)[N-]S(=O)(=O)c2cc3c(cc21)OCCO3.O=S1(=O)[N-]S(=O)(=O)c2cc3c(cc21)OCO3.O=S1(=O)[N-]S(=O)(=O)c2cc3ccccc3cc21.[C-]#[N+]c1cccc2c1S(=O)(=O)[N-]S2(=O)=O. The van der Waals surface area contributed by atoms with E-state index >= 15 is 0 Å². The van der Waals surface area contributed by atoms with E-state index in [1.807, 2.05) is 0 Å². The van der Waals surface area contributed by atoms with Crippen LogP contribution in [0.3, 0.4) is 0 Å². The lowest BCUT2D eigenvalue weighted by molar-refractivity contribution is 0.0589. The van der Waals surface area contributed by atoms with Gasteiger partial charge in [-0.1, -0.05) is 42.5 Å². The summed E-state index contributed by atoms with van der Waals surface area (Å²) in [6.07, 6.45) is 3.63. The second-order valence-electron chi connectivity index (χ2n) is 23.7. The molecule has 1 aliphatic carbocycles.